The summed E-state index contributed by atoms with van der Waals surface area (Å²) in [5, 5.41) is 17.0. The molecule has 0 spiro atoms. The molecule has 0 aliphatic heterocycles. The van der Waals surface area contributed by atoms with E-state index in [1.807, 2.05) is 6.92 Å². The smallest absolute Gasteiger partial charge is 0.323 e. The number of nitrogens with two attached hydrogens (primary N) is 1. The van der Waals surface area contributed by atoms with Crippen molar-refractivity contribution >= 4 is 30.4 Å². The highest BCUT2D eigenvalue weighted by atomic mass is 31.2. The van der Waals surface area contributed by atoms with Crippen LogP contribution in [0.4, 0.5) is 5.82 Å². The van der Waals surface area contributed by atoms with Crippen LogP contribution in [0.15, 0.2) is 12.7 Å². The van der Waals surface area contributed by atoms with Crippen molar-refractivity contribution in [1.82, 2.24) is 29.7 Å². The minimum atomic E-state index is -3.64. The molecule has 0 saturated heterocycles. The fourth-order valence-corrected chi connectivity index (χ4v) is 7.85. The van der Waals surface area contributed by atoms with Gasteiger partial charge in [-0.2, -0.15) is 0 Å². The van der Waals surface area contributed by atoms with E-state index < -0.39 is 37.4 Å². The maximum absolute atomic E-state index is 14.4. The summed E-state index contributed by atoms with van der Waals surface area (Å²) < 4.78 is 33.8. The summed E-state index contributed by atoms with van der Waals surface area (Å²) in [6, 6.07) is -0.864. The Morgan fingerprint density at radius 2 is 1.78 bits per heavy atom. The van der Waals surface area contributed by atoms with Crippen LogP contribution >= 0.6 is 7.44 Å². The van der Waals surface area contributed by atoms with Crippen molar-refractivity contribution in [3.05, 3.63) is 12.7 Å². The topological polar surface area (TPSA) is 176 Å². The van der Waals surface area contributed by atoms with Crippen molar-refractivity contribution in [2.45, 2.75) is 128 Å². The van der Waals surface area contributed by atoms with Gasteiger partial charge < -0.3 is 29.6 Å². The average molecular weight is 596 g/mol. The van der Waals surface area contributed by atoms with E-state index in [9.17, 15) is 14.5 Å². The fourth-order valence-electron chi connectivity index (χ4n) is 5.41. The van der Waals surface area contributed by atoms with Crippen molar-refractivity contribution < 1.29 is 28.7 Å². The second kappa shape index (κ2) is 13.9. The zero-order chi connectivity index (χ0) is 29.6. The summed E-state index contributed by atoms with van der Waals surface area (Å²) in [5.41, 5.74) is 5.85. The second-order valence-electron chi connectivity index (χ2n) is 12.0. The molecule has 14 heteroatoms. The molecule has 13 nitrogen and oxygen atoms in total. The molecule has 2 aliphatic carbocycles. The van der Waals surface area contributed by atoms with Crippen LogP contribution in [-0.2, 0) is 30.1 Å². The van der Waals surface area contributed by atoms with E-state index in [1.54, 1.807) is 31.7 Å². The molecule has 2 aromatic heterocycles. The minimum absolute atomic E-state index is 0.0494. The van der Waals surface area contributed by atoms with E-state index in [0.717, 1.165) is 57.8 Å². The molecule has 0 aromatic carbocycles. The largest absolute Gasteiger partial charge is 0.461 e. The molecule has 5 N–H and O–H groups in total. The Morgan fingerprint density at radius 3 is 2.49 bits per heavy atom. The van der Waals surface area contributed by atoms with Crippen LogP contribution in [0.2, 0.25) is 0 Å². The van der Waals surface area contributed by atoms with Crippen LogP contribution in [0.3, 0.4) is 0 Å². The molecule has 2 aliphatic rings. The molecule has 230 valence electrons. The number of fused-ring (bicyclic) bond motifs is 1. The van der Waals surface area contributed by atoms with Gasteiger partial charge in [-0.1, -0.05) is 19.3 Å². The lowest BCUT2D eigenvalue weighted by Crippen LogP contribution is -2.53. The van der Waals surface area contributed by atoms with Crippen molar-refractivity contribution in [3.8, 4) is 0 Å². The van der Waals surface area contributed by atoms with Crippen molar-refractivity contribution in [3.63, 3.8) is 0 Å². The van der Waals surface area contributed by atoms with E-state index in [4.69, 9.17) is 19.9 Å². The molecule has 0 bridgehead atoms. The van der Waals surface area contributed by atoms with Gasteiger partial charge in [-0.15, -0.1) is 0 Å². The van der Waals surface area contributed by atoms with Crippen LogP contribution < -0.4 is 15.9 Å². The Kier molecular flexibility index (Phi) is 10.8. The number of nitrogen functional groups attached to an aromatic ring is 1. The molecule has 2 fully saturated rings. The molecular weight excluding hydrogens is 549 g/mol. The highest BCUT2D eigenvalue weighted by Crippen LogP contribution is 2.41. The molecule has 4 rings (SSSR count). The number of hydrogen-bond acceptors (Lipinski definition) is 10. The summed E-state index contributed by atoms with van der Waals surface area (Å²) in [4.78, 5) is 25.4. The van der Waals surface area contributed by atoms with Gasteiger partial charge in [0.25, 0.3) is 0 Å². The number of esters is 1. The van der Waals surface area contributed by atoms with Crippen LogP contribution in [0.1, 0.15) is 85.5 Å². The molecule has 4 atom stereocenters. The van der Waals surface area contributed by atoms with Crippen molar-refractivity contribution in [2.75, 3.05) is 12.1 Å². The molecular formula is C27H46N7O6P. The summed E-state index contributed by atoms with van der Waals surface area (Å²) in [7, 11) is -3.64. The third kappa shape index (κ3) is 8.68. The van der Waals surface area contributed by atoms with Crippen LogP contribution in [0.25, 0.3) is 11.2 Å². The van der Waals surface area contributed by atoms with Crippen molar-refractivity contribution in [2.24, 2.45) is 0 Å². The molecule has 2 unspecified atom stereocenters. The van der Waals surface area contributed by atoms with Crippen LogP contribution in [-0.4, -0.2) is 73.1 Å². The molecule has 2 heterocycles. The number of nitrogens with zero attached hydrogens (tertiary/aromatic N) is 4. The predicted molar refractivity (Wildman–Crippen MR) is 155 cm³/mol. The number of carbonyl (C=O) groups excluding carboxylic acids is 1. The highest BCUT2D eigenvalue weighted by molar-refractivity contribution is 7.59. The summed E-state index contributed by atoms with van der Waals surface area (Å²) >= 11 is 0. The number of hydrogen-bond donors (Lipinski definition) is 4. The number of ether oxygens (including phenoxy) is 3. The minimum Gasteiger partial charge on any atom is -0.461 e. The van der Waals surface area contributed by atoms with Gasteiger partial charge in [0.1, 0.15) is 30.3 Å². The number of nitrogens with one attached hydrogen (secondary N) is 2. The average Bonchev–Trinajstić information content (AvgIpc) is 3.58. The van der Waals surface area contributed by atoms with Gasteiger partial charge in [-0.3, -0.25) is 9.36 Å². The SMILES string of the molecule is C[C@H](Cn1cnc2c(N)ncnc21)OCP(=O)(N[C@H](C)C(=O)OC1CCCC1)NC(C)(C)C(O)OC1CCCCC1. The van der Waals surface area contributed by atoms with Gasteiger partial charge in [0.15, 0.2) is 17.8 Å². The number of aliphatic hydroxyl groups excluding tert-OH is 1. The summed E-state index contributed by atoms with van der Waals surface area (Å²) in [6.45, 7) is 7.27. The van der Waals surface area contributed by atoms with E-state index in [1.165, 1.54) is 6.33 Å². The second-order valence-corrected chi connectivity index (χ2v) is 14.2. The molecule has 2 saturated carbocycles. The number of aromatic nitrogens is 4. The standard InChI is InChI=1S/C27H46N7O6P/c1-18(14-34-16-31-22-23(28)29-15-30-24(22)34)38-17-41(37,32-19(2)25(35)39-20-12-8-9-13-20)33-27(3,4)26(36)40-21-10-6-5-7-11-21/h15-16,18-21,26,36H,5-14,17H2,1-4H3,(H2,28,29,30)(H2,32,33,37)/t18-,19-,26?,41?/m1/s1. The van der Waals surface area contributed by atoms with Crippen LogP contribution in [0, 0.1) is 0 Å². The van der Waals surface area contributed by atoms with E-state index >= 15 is 0 Å². The third-order valence-electron chi connectivity index (χ3n) is 7.72. The summed E-state index contributed by atoms with van der Waals surface area (Å²) in [5.74, 6) is -0.180. The monoisotopic (exact) mass is 595 g/mol. The molecule has 0 radical (unpaired) electrons. The van der Waals surface area contributed by atoms with Gasteiger partial charge in [0.05, 0.1) is 30.6 Å². The number of anilines is 1. The quantitative estimate of drug-likeness (QED) is 0.142. The van der Waals surface area contributed by atoms with Gasteiger partial charge >= 0.3 is 5.97 Å². The number of imidazole rings is 1. The van der Waals surface area contributed by atoms with Crippen LogP contribution in [0.5, 0.6) is 0 Å². The molecule has 41 heavy (non-hydrogen) atoms. The first-order valence-electron chi connectivity index (χ1n) is 14.7. The Bertz CT molecular complexity index is 1200. The maximum atomic E-state index is 14.4. The molecule has 2 aromatic rings. The Morgan fingerprint density at radius 1 is 1.12 bits per heavy atom. The highest BCUT2D eigenvalue weighted by Gasteiger charge is 2.40. The van der Waals surface area contributed by atoms with E-state index in [0.29, 0.717) is 17.7 Å². The first kappa shape index (κ1) is 31.8. The predicted octanol–water partition coefficient (Wildman–Crippen LogP) is 3.46. The van der Waals surface area contributed by atoms with Gasteiger partial charge in [0.2, 0.25) is 7.44 Å². The lowest BCUT2D eigenvalue weighted by atomic mass is 9.97. The Balaban J connectivity index is 1.43. The summed E-state index contributed by atoms with van der Waals surface area (Å²) in [6.07, 6.45) is 9.72. The fraction of sp³-hybridized carbons (Fsp3) is 0.778. The van der Waals surface area contributed by atoms with Gasteiger partial charge in [-0.05, 0) is 66.2 Å². The van der Waals surface area contributed by atoms with E-state index in [-0.39, 0.29) is 24.4 Å². The normalized spacial score (nSPS) is 21.0. The first-order chi connectivity index (χ1) is 19.5. The van der Waals surface area contributed by atoms with Gasteiger partial charge in [0, 0.05) is 0 Å². The van der Waals surface area contributed by atoms with Gasteiger partial charge in [-0.25, -0.2) is 25.1 Å². The van der Waals surface area contributed by atoms with E-state index in [2.05, 4.69) is 25.1 Å². The Hall–Kier alpha value is -2.15. The number of rotatable bonds is 14. The lowest BCUT2D eigenvalue weighted by molar-refractivity contribution is -0.176. The third-order valence-corrected chi connectivity index (χ3v) is 9.98. The maximum Gasteiger partial charge on any atom is 0.323 e. The Labute approximate surface area is 241 Å². The zero-order valence-corrected chi connectivity index (χ0v) is 25.5. The molecule has 0 amide bonds. The zero-order valence-electron chi connectivity index (χ0n) is 24.6. The number of carbonyl (C=O) groups is 1. The van der Waals surface area contributed by atoms with Crippen molar-refractivity contribution in [1.29, 1.82) is 0 Å². The first-order valence-corrected chi connectivity index (χ1v) is 16.6. The lowest BCUT2D eigenvalue weighted by Gasteiger charge is -2.38. The number of aliphatic hydroxyl groups is 1.